The molecule has 4 rings (SSSR count). The molecule has 0 amide bonds. The van der Waals surface area contributed by atoms with Crippen LogP contribution in [0.3, 0.4) is 0 Å². The van der Waals surface area contributed by atoms with Gasteiger partial charge in [0.2, 0.25) is 6.10 Å². The lowest BCUT2D eigenvalue weighted by molar-refractivity contribution is -0.161. The molecule has 2 aromatic rings. The maximum Gasteiger partial charge on any atom is 0.357 e. The Hall–Kier alpha value is -2.02. The van der Waals surface area contributed by atoms with E-state index in [0.29, 0.717) is 34.4 Å². The minimum absolute atomic E-state index is 0.0503. The Labute approximate surface area is 236 Å². The van der Waals surface area contributed by atoms with Gasteiger partial charge in [-0.2, -0.15) is 0 Å². The number of Topliss-reactive ketones (excluding diaryl/α,β-unsaturated/α-hetero) is 1. The van der Waals surface area contributed by atoms with E-state index in [0.717, 1.165) is 0 Å². The summed E-state index contributed by atoms with van der Waals surface area (Å²) in [4.78, 5) is 51.0. The first-order valence-electron chi connectivity index (χ1n) is 11.6. The van der Waals surface area contributed by atoms with Crippen molar-refractivity contribution in [2.24, 2.45) is 0 Å². The summed E-state index contributed by atoms with van der Waals surface area (Å²) in [6, 6.07) is 12.4. The van der Waals surface area contributed by atoms with Gasteiger partial charge in [-0.25, -0.2) is 4.79 Å². The molecule has 0 N–H and O–H groups in total. The van der Waals surface area contributed by atoms with E-state index in [9.17, 15) is 19.2 Å². The molecule has 0 saturated heterocycles. The highest BCUT2D eigenvalue weighted by Gasteiger charge is 2.46. The Morgan fingerprint density at radius 3 is 2.39 bits per heavy atom. The van der Waals surface area contributed by atoms with Gasteiger partial charge in [-0.05, 0) is 20.3 Å². The number of ether oxygens (including phenoxy) is 3. The van der Waals surface area contributed by atoms with E-state index in [1.54, 1.807) is 50.2 Å². The molecule has 1 aliphatic carbocycles. The first kappa shape index (κ1) is 27.0. The molecular formula is C27H26I2O7. The first-order valence-corrected chi connectivity index (χ1v) is 13.8. The van der Waals surface area contributed by atoms with Gasteiger partial charge >= 0.3 is 17.9 Å². The highest BCUT2D eigenvalue weighted by molar-refractivity contribution is 14.1. The molecular weight excluding hydrogens is 690 g/mol. The summed E-state index contributed by atoms with van der Waals surface area (Å²) in [6.07, 6.45) is -1.13. The molecule has 7 nitrogen and oxygen atoms in total. The van der Waals surface area contributed by atoms with E-state index in [4.69, 9.17) is 14.2 Å². The Balaban J connectivity index is 1.57. The van der Waals surface area contributed by atoms with E-state index < -0.39 is 42.9 Å². The number of halogens is 2. The van der Waals surface area contributed by atoms with Gasteiger partial charge in [0.1, 0.15) is 18.7 Å². The Kier molecular flexibility index (Phi) is 7.53. The predicted molar refractivity (Wildman–Crippen MR) is 149 cm³/mol. The van der Waals surface area contributed by atoms with Gasteiger partial charge in [0, 0.05) is 28.2 Å². The van der Waals surface area contributed by atoms with Gasteiger partial charge in [0.25, 0.3) is 0 Å². The van der Waals surface area contributed by atoms with Crippen molar-refractivity contribution in [3.63, 3.8) is 0 Å². The lowest BCUT2D eigenvalue weighted by Crippen LogP contribution is -2.36. The molecule has 5 unspecified atom stereocenters. The molecule has 36 heavy (non-hydrogen) atoms. The van der Waals surface area contributed by atoms with Gasteiger partial charge in [-0.3, -0.25) is 14.4 Å². The van der Waals surface area contributed by atoms with E-state index in [2.05, 4.69) is 0 Å². The molecule has 9 heteroatoms. The quantitative estimate of drug-likeness (QED) is 0.151. The monoisotopic (exact) mass is 716 g/mol. The third-order valence-corrected chi connectivity index (χ3v) is 9.57. The molecule has 2 aliphatic rings. The lowest BCUT2D eigenvalue weighted by Gasteiger charge is -2.30. The van der Waals surface area contributed by atoms with Crippen LogP contribution in [0.1, 0.15) is 85.7 Å². The van der Waals surface area contributed by atoms with Crippen molar-refractivity contribution in [1.82, 2.24) is 0 Å². The summed E-state index contributed by atoms with van der Waals surface area (Å²) >= 11 is 4.06. The van der Waals surface area contributed by atoms with Crippen LogP contribution < -0.4 is 4.74 Å². The SMILES string of the molecule is CCC(C)(I)C(=O)OC1C(=O)Oc2c1cccc2C(C)C(C)(I)C(=O)OC1CC(=O)c2ccccc21. The number of rotatable bonds is 7. The standard InChI is InChI=1S/C27H26I2O7/c1-5-26(3,28)24(32)36-22-18-12-8-11-15(21(18)35-23(22)31)14(2)27(4,29)25(33)34-20-13-19(30)16-9-6-7-10-17(16)20/h6-12,14,20,22H,5,13H2,1-4H3. The van der Waals surface area contributed by atoms with E-state index >= 15 is 0 Å². The molecule has 0 spiro atoms. The van der Waals surface area contributed by atoms with Crippen molar-refractivity contribution in [1.29, 1.82) is 0 Å². The summed E-state index contributed by atoms with van der Waals surface area (Å²) in [5.41, 5.74) is 2.38. The fraction of sp³-hybridized carbons (Fsp3) is 0.407. The third-order valence-electron chi connectivity index (χ3n) is 7.00. The molecule has 0 radical (unpaired) electrons. The van der Waals surface area contributed by atoms with Gasteiger partial charge < -0.3 is 14.2 Å². The second-order valence-electron chi connectivity index (χ2n) is 9.43. The Bertz CT molecular complexity index is 1250. The molecule has 1 aliphatic heterocycles. The normalized spacial score (nSPS) is 22.5. The van der Waals surface area contributed by atoms with Crippen molar-refractivity contribution in [3.8, 4) is 5.75 Å². The average molecular weight is 716 g/mol. The highest BCUT2D eigenvalue weighted by atomic mass is 127. The van der Waals surface area contributed by atoms with Crippen molar-refractivity contribution in [2.75, 3.05) is 0 Å². The van der Waals surface area contributed by atoms with Crippen LogP contribution in [0.2, 0.25) is 0 Å². The number of para-hydroxylation sites is 1. The number of esters is 3. The number of fused-ring (bicyclic) bond motifs is 2. The van der Waals surface area contributed by atoms with E-state index in [1.807, 2.05) is 65.1 Å². The van der Waals surface area contributed by atoms with Crippen LogP contribution in [-0.2, 0) is 23.9 Å². The summed E-state index contributed by atoms with van der Waals surface area (Å²) in [7, 11) is 0. The molecule has 0 saturated carbocycles. The Morgan fingerprint density at radius 1 is 1.03 bits per heavy atom. The molecule has 0 aromatic heterocycles. The smallest absolute Gasteiger partial charge is 0.357 e. The number of alkyl halides is 2. The largest absolute Gasteiger partial charge is 0.456 e. The van der Waals surface area contributed by atoms with Gasteiger partial charge in [-0.15, -0.1) is 0 Å². The van der Waals surface area contributed by atoms with Crippen LogP contribution in [0.25, 0.3) is 0 Å². The zero-order valence-corrected chi connectivity index (χ0v) is 24.6. The lowest BCUT2D eigenvalue weighted by atomic mass is 9.87. The fourth-order valence-corrected chi connectivity index (χ4v) is 4.83. The molecule has 2 aromatic carbocycles. The van der Waals surface area contributed by atoms with Gasteiger partial charge in [0.15, 0.2) is 5.78 Å². The topological polar surface area (TPSA) is 96.0 Å². The van der Waals surface area contributed by atoms with Gasteiger partial charge in [0.05, 0.1) is 6.42 Å². The average Bonchev–Trinajstić information content (AvgIpc) is 3.34. The Morgan fingerprint density at radius 2 is 1.69 bits per heavy atom. The zero-order chi connectivity index (χ0) is 26.4. The number of carbonyl (C=O) groups is 4. The van der Waals surface area contributed by atoms with Crippen molar-refractivity contribution in [3.05, 3.63) is 64.7 Å². The second kappa shape index (κ2) is 10.0. The minimum Gasteiger partial charge on any atom is -0.456 e. The number of carbonyl (C=O) groups excluding carboxylic acids is 4. The van der Waals surface area contributed by atoms with Crippen LogP contribution in [0, 0.1) is 0 Å². The zero-order valence-electron chi connectivity index (χ0n) is 20.3. The number of benzene rings is 2. The maximum atomic E-state index is 13.4. The second-order valence-corrected chi connectivity index (χ2v) is 14.1. The van der Waals surface area contributed by atoms with Crippen LogP contribution in [0.4, 0.5) is 0 Å². The van der Waals surface area contributed by atoms with Crippen LogP contribution >= 0.6 is 45.2 Å². The van der Waals surface area contributed by atoms with E-state index in [-0.39, 0.29) is 12.2 Å². The summed E-state index contributed by atoms with van der Waals surface area (Å²) in [6.45, 7) is 7.22. The number of hydrogen-bond acceptors (Lipinski definition) is 7. The number of hydrogen-bond donors (Lipinski definition) is 0. The molecule has 190 valence electrons. The van der Waals surface area contributed by atoms with Crippen LogP contribution in [0.15, 0.2) is 42.5 Å². The van der Waals surface area contributed by atoms with Crippen molar-refractivity contribution >= 4 is 68.9 Å². The molecule has 0 bridgehead atoms. The summed E-state index contributed by atoms with van der Waals surface area (Å²) in [5, 5.41) is 0. The highest BCUT2D eigenvalue weighted by Crippen LogP contribution is 2.47. The summed E-state index contributed by atoms with van der Waals surface area (Å²) < 4.78 is 15.2. The molecule has 1 heterocycles. The molecule has 0 fully saturated rings. The third kappa shape index (κ3) is 4.80. The fourth-order valence-electron chi connectivity index (χ4n) is 4.24. The number of ketones is 1. The van der Waals surface area contributed by atoms with Crippen LogP contribution in [-0.4, -0.2) is 30.5 Å². The first-order chi connectivity index (χ1) is 16.9. The predicted octanol–water partition coefficient (Wildman–Crippen LogP) is 5.96. The maximum absolute atomic E-state index is 13.4. The molecule has 5 atom stereocenters. The van der Waals surface area contributed by atoms with Crippen LogP contribution in [0.5, 0.6) is 5.75 Å². The van der Waals surface area contributed by atoms with Crippen molar-refractivity contribution in [2.45, 2.75) is 65.5 Å². The minimum atomic E-state index is -1.16. The van der Waals surface area contributed by atoms with E-state index in [1.165, 1.54) is 0 Å². The van der Waals surface area contributed by atoms with Crippen molar-refractivity contribution < 1.29 is 33.4 Å². The van der Waals surface area contributed by atoms with Gasteiger partial charge in [-0.1, -0.05) is 101 Å². The summed E-state index contributed by atoms with van der Waals surface area (Å²) in [5.74, 6) is -1.81.